The van der Waals surface area contributed by atoms with Gasteiger partial charge in [-0.2, -0.15) is 5.48 Å². The number of methoxy groups -OCH3 is 1. The minimum absolute atomic E-state index is 0.0741. The molecule has 0 spiro atoms. The second kappa shape index (κ2) is 18.0. The number of benzene rings is 1. The Hall–Kier alpha value is -3.48. The molecule has 5 rings (SSSR count). The molecule has 0 radical (unpaired) electrons. The van der Waals surface area contributed by atoms with Crippen LogP contribution in [0.5, 0.6) is 5.75 Å². The fourth-order valence-electron chi connectivity index (χ4n) is 4.50. The van der Waals surface area contributed by atoms with Gasteiger partial charge in [0.1, 0.15) is 24.0 Å². The Balaban J connectivity index is 0.000000394. The van der Waals surface area contributed by atoms with Gasteiger partial charge in [0, 0.05) is 25.7 Å². The predicted octanol–water partition coefficient (Wildman–Crippen LogP) is 6.10. The van der Waals surface area contributed by atoms with Crippen LogP contribution in [-0.4, -0.2) is 53.6 Å². The van der Waals surface area contributed by atoms with Gasteiger partial charge < -0.3 is 14.6 Å². The summed E-state index contributed by atoms with van der Waals surface area (Å²) in [4.78, 5) is 12.5. The van der Waals surface area contributed by atoms with E-state index in [0.717, 1.165) is 55.2 Å². The minimum atomic E-state index is -0.0741. The molecular formula is C32H44FN5O2. The first-order valence-corrected chi connectivity index (χ1v) is 13.9. The maximum absolute atomic E-state index is 12.2. The summed E-state index contributed by atoms with van der Waals surface area (Å²) in [5.41, 5.74) is 7.68. The summed E-state index contributed by atoms with van der Waals surface area (Å²) in [6.07, 6.45) is 25.5. The van der Waals surface area contributed by atoms with Crippen molar-refractivity contribution in [1.82, 2.24) is 25.2 Å². The monoisotopic (exact) mass is 549 g/mol. The highest BCUT2D eigenvalue weighted by molar-refractivity contribution is 5.61. The van der Waals surface area contributed by atoms with Gasteiger partial charge in [0.05, 0.1) is 24.8 Å². The summed E-state index contributed by atoms with van der Waals surface area (Å²) in [7, 11) is 1.71. The lowest BCUT2D eigenvalue weighted by Crippen LogP contribution is -2.47. The zero-order valence-corrected chi connectivity index (χ0v) is 24.4. The van der Waals surface area contributed by atoms with Crippen molar-refractivity contribution in [2.24, 2.45) is 0 Å². The van der Waals surface area contributed by atoms with Crippen molar-refractivity contribution in [3.05, 3.63) is 83.8 Å². The van der Waals surface area contributed by atoms with Crippen molar-refractivity contribution in [3.63, 3.8) is 0 Å². The Kier molecular flexibility index (Phi) is 14.7. The zero-order chi connectivity index (χ0) is 29.3. The lowest BCUT2D eigenvalue weighted by Gasteiger charge is -2.32. The third-order valence-electron chi connectivity index (χ3n) is 6.31. The van der Waals surface area contributed by atoms with E-state index in [-0.39, 0.29) is 18.2 Å². The van der Waals surface area contributed by atoms with E-state index < -0.39 is 0 Å². The Morgan fingerprint density at radius 2 is 2.05 bits per heavy atom. The summed E-state index contributed by atoms with van der Waals surface area (Å²) >= 11 is 0. The third kappa shape index (κ3) is 9.32. The van der Waals surface area contributed by atoms with Crippen LogP contribution < -0.4 is 15.5 Å². The molecule has 2 aliphatic heterocycles. The molecule has 1 aromatic heterocycles. The Morgan fingerprint density at radius 1 is 1.25 bits per heavy atom. The summed E-state index contributed by atoms with van der Waals surface area (Å²) in [5.74, 6) is 0.759. The minimum Gasteiger partial charge on any atom is -0.495 e. The molecule has 0 saturated carbocycles. The lowest BCUT2D eigenvalue weighted by molar-refractivity contribution is -0.00794. The number of allylic oxidation sites excluding steroid dienone is 6. The van der Waals surface area contributed by atoms with Crippen LogP contribution in [0.15, 0.2) is 72.5 Å². The normalized spacial score (nSPS) is 20.5. The molecule has 1 unspecified atom stereocenters. The SMILES string of the molecule is C#C.CC.CCNC[C@@H]1ONC2/C(=C/c3ccc(-n4cnc(C)c4)c(OC)c3)CCCN21.FC1=CC=CC=CC1. The highest BCUT2D eigenvalue weighted by Crippen LogP contribution is 2.31. The molecular weight excluding hydrogens is 505 g/mol. The number of imidazole rings is 1. The van der Waals surface area contributed by atoms with E-state index in [1.807, 2.05) is 50.0 Å². The quantitative estimate of drug-likeness (QED) is 0.425. The van der Waals surface area contributed by atoms with Crippen LogP contribution in [0.4, 0.5) is 4.39 Å². The number of nitrogens with zero attached hydrogens (tertiary/aromatic N) is 3. The molecule has 40 heavy (non-hydrogen) atoms. The molecule has 1 aliphatic carbocycles. The molecule has 3 heterocycles. The summed E-state index contributed by atoms with van der Waals surface area (Å²) in [6, 6.07) is 6.30. The molecule has 2 saturated heterocycles. The number of aromatic nitrogens is 2. The summed E-state index contributed by atoms with van der Waals surface area (Å²) in [5, 5.41) is 3.38. The van der Waals surface area contributed by atoms with Gasteiger partial charge in [-0.15, -0.1) is 12.8 Å². The van der Waals surface area contributed by atoms with Gasteiger partial charge in [-0.25, -0.2) is 9.37 Å². The van der Waals surface area contributed by atoms with Crippen LogP contribution in [0, 0.1) is 19.8 Å². The standard InChI is InChI=1S/C21H29N5O2.C7H7F.C2H6.C2H2/c1-4-22-12-20-26-9-5-6-17(21(26)24-28-20)10-16-7-8-18(19(11-16)27-3)25-13-15(2)23-14-25;8-7-5-3-1-2-4-6-7;2*1-2/h7-8,10-11,13-14,20-22,24H,4-6,9,12H2,1-3H3;1-5H,6H2;1-2H3;1-2H/b17-10+;;;/t20-,21?;;;/m0.../s1. The summed E-state index contributed by atoms with van der Waals surface area (Å²) < 4.78 is 19.8. The number of aryl methyl sites for hydroxylation is 1. The van der Waals surface area contributed by atoms with Gasteiger partial charge in [0.15, 0.2) is 0 Å². The number of ether oxygens (including phenoxy) is 1. The largest absolute Gasteiger partial charge is 0.495 e. The molecule has 2 aromatic rings. The number of hydrogen-bond donors (Lipinski definition) is 2. The topological polar surface area (TPSA) is 63.6 Å². The molecule has 216 valence electrons. The van der Waals surface area contributed by atoms with Crippen LogP contribution in [-0.2, 0) is 4.84 Å². The fourth-order valence-corrected chi connectivity index (χ4v) is 4.50. The summed E-state index contributed by atoms with van der Waals surface area (Å²) in [6.45, 7) is 10.9. The second-order valence-electron chi connectivity index (χ2n) is 8.95. The van der Waals surface area contributed by atoms with Crippen LogP contribution in [0.1, 0.15) is 51.3 Å². The van der Waals surface area contributed by atoms with Gasteiger partial charge >= 0.3 is 0 Å². The van der Waals surface area contributed by atoms with E-state index in [1.54, 1.807) is 19.3 Å². The Labute approximate surface area is 239 Å². The number of piperidine rings is 1. The van der Waals surface area contributed by atoms with E-state index in [1.165, 1.54) is 11.6 Å². The average molecular weight is 550 g/mol. The first-order valence-electron chi connectivity index (χ1n) is 13.9. The number of hydrogen-bond acceptors (Lipinski definition) is 6. The molecule has 0 amide bonds. The van der Waals surface area contributed by atoms with Crippen molar-refractivity contribution >= 4 is 6.08 Å². The first kappa shape index (κ1) is 32.7. The van der Waals surface area contributed by atoms with Crippen molar-refractivity contribution < 1.29 is 14.0 Å². The smallest absolute Gasteiger partial charge is 0.146 e. The number of halogens is 1. The third-order valence-corrected chi connectivity index (χ3v) is 6.31. The first-order chi connectivity index (χ1) is 19.6. The molecule has 7 nitrogen and oxygen atoms in total. The van der Waals surface area contributed by atoms with Crippen LogP contribution in [0.25, 0.3) is 11.8 Å². The highest BCUT2D eigenvalue weighted by atomic mass is 19.1. The lowest BCUT2D eigenvalue weighted by atomic mass is 9.98. The number of terminal acetylenes is 1. The van der Waals surface area contributed by atoms with Crippen LogP contribution in [0.2, 0.25) is 0 Å². The van der Waals surface area contributed by atoms with Gasteiger partial charge in [0.2, 0.25) is 0 Å². The van der Waals surface area contributed by atoms with Gasteiger partial charge in [0.25, 0.3) is 0 Å². The number of rotatable bonds is 6. The number of fused-ring (bicyclic) bond motifs is 1. The molecule has 2 atom stereocenters. The molecule has 2 N–H and O–H groups in total. The van der Waals surface area contributed by atoms with Gasteiger partial charge in [-0.05, 0) is 55.7 Å². The van der Waals surface area contributed by atoms with E-state index in [2.05, 4.69) is 64.7 Å². The number of hydroxylamine groups is 1. The molecule has 0 bridgehead atoms. The molecule has 8 heteroatoms. The van der Waals surface area contributed by atoms with Crippen molar-refractivity contribution in [2.75, 3.05) is 26.7 Å². The molecule has 3 aliphatic rings. The molecule has 2 fully saturated rings. The predicted molar refractivity (Wildman–Crippen MR) is 162 cm³/mol. The Morgan fingerprint density at radius 3 is 2.75 bits per heavy atom. The van der Waals surface area contributed by atoms with Crippen molar-refractivity contribution in [1.29, 1.82) is 0 Å². The van der Waals surface area contributed by atoms with Crippen molar-refractivity contribution in [2.45, 2.75) is 59.4 Å². The fraction of sp³-hybridized carbons (Fsp3) is 0.406. The highest BCUT2D eigenvalue weighted by Gasteiger charge is 2.38. The zero-order valence-electron chi connectivity index (χ0n) is 24.4. The molecule has 1 aromatic carbocycles. The van der Waals surface area contributed by atoms with E-state index >= 15 is 0 Å². The maximum Gasteiger partial charge on any atom is 0.146 e. The Bertz CT molecular complexity index is 1180. The average Bonchev–Trinajstić information content (AvgIpc) is 3.54. The van der Waals surface area contributed by atoms with E-state index in [0.29, 0.717) is 6.42 Å². The van der Waals surface area contributed by atoms with E-state index in [9.17, 15) is 4.39 Å². The van der Waals surface area contributed by atoms with Crippen molar-refractivity contribution in [3.8, 4) is 24.3 Å². The van der Waals surface area contributed by atoms with E-state index in [4.69, 9.17) is 9.57 Å². The number of likely N-dealkylation sites (N-methyl/N-ethyl adjacent to an activating group) is 1. The second-order valence-corrected chi connectivity index (χ2v) is 8.95. The van der Waals surface area contributed by atoms with Gasteiger partial charge in [-0.3, -0.25) is 9.74 Å². The maximum atomic E-state index is 12.2. The van der Waals surface area contributed by atoms with Crippen LogP contribution >= 0.6 is 0 Å². The van der Waals surface area contributed by atoms with Gasteiger partial charge in [-0.1, -0.05) is 57.2 Å². The number of nitrogens with one attached hydrogen (secondary N) is 2. The van der Waals surface area contributed by atoms with Crippen LogP contribution in [0.3, 0.4) is 0 Å².